The Balaban J connectivity index is 2.23. The number of hydrogen-bond donors (Lipinski definition) is 0. The van der Waals surface area contributed by atoms with Crippen molar-refractivity contribution in [2.45, 2.75) is 13.8 Å². The number of methoxy groups -OCH3 is 1. The maximum Gasteiger partial charge on any atom is 0.314 e. The summed E-state index contributed by atoms with van der Waals surface area (Å²) in [5.74, 6) is 0.440. The van der Waals surface area contributed by atoms with E-state index in [9.17, 15) is 4.79 Å². The van der Waals surface area contributed by atoms with Crippen LogP contribution in [-0.2, 0) is 9.53 Å². The first kappa shape index (κ1) is 14.9. The molecule has 0 fully saturated rings. The van der Waals surface area contributed by atoms with Gasteiger partial charge in [-0.1, -0.05) is 30.3 Å². The third-order valence-electron chi connectivity index (χ3n) is 3.15. The SMILES string of the molecule is COC(=O)C(C)(C)COc1ccc2ccccc2c1Br. The van der Waals surface area contributed by atoms with E-state index in [4.69, 9.17) is 9.47 Å². The van der Waals surface area contributed by atoms with Crippen LogP contribution in [0.1, 0.15) is 13.8 Å². The van der Waals surface area contributed by atoms with Crippen molar-refractivity contribution >= 4 is 32.7 Å². The first-order chi connectivity index (χ1) is 9.45. The lowest BCUT2D eigenvalue weighted by Gasteiger charge is -2.22. The van der Waals surface area contributed by atoms with Crippen molar-refractivity contribution in [3.63, 3.8) is 0 Å². The van der Waals surface area contributed by atoms with Crippen LogP contribution in [0.25, 0.3) is 10.8 Å². The normalized spacial score (nSPS) is 11.4. The molecule has 0 N–H and O–H groups in total. The summed E-state index contributed by atoms with van der Waals surface area (Å²) >= 11 is 3.56. The summed E-state index contributed by atoms with van der Waals surface area (Å²) in [5.41, 5.74) is -0.681. The number of benzene rings is 2. The predicted octanol–water partition coefficient (Wildman–Crippen LogP) is 4.18. The molecule has 0 aliphatic rings. The Hall–Kier alpha value is -1.55. The maximum atomic E-state index is 11.6. The van der Waals surface area contributed by atoms with E-state index in [2.05, 4.69) is 15.9 Å². The van der Waals surface area contributed by atoms with Gasteiger partial charge >= 0.3 is 5.97 Å². The molecular weight excluding hydrogens is 320 g/mol. The van der Waals surface area contributed by atoms with Gasteiger partial charge < -0.3 is 9.47 Å². The number of fused-ring (bicyclic) bond motifs is 1. The minimum absolute atomic E-state index is 0.261. The summed E-state index contributed by atoms with van der Waals surface area (Å²) in [5, 5.41) is 2.22. The van der Waals surface area contributed by atoms with E-state index in [0.717, 1.165) is 21.0 Å². The summed E-state index contributed by atoms with van der Waals surface area (Å²) in [6, 6.07) is 11.9. The molecule has 0 heterocycles. The Morgan fingerprint density at radius 2 is 1.90 bits per heavy atom. The Morgan fingerprint density at radius 1 is 1.20 bits per heavy atom. The maximum absolute atomic E-state index is 11.6. The van der Waals surface area contributed by atoms with Crippen LogP contribution in [0.5, 0.6) is 5.75 Å². The lowest BCUT2D eigenvalue weighted by molar-refractivity contribution is -0.152. The van der Waals surface area contributed by atoms with E-state index in [1.54, 1.807) is 13.8 Å². The number of carbonyl (C=O) groups excluding carboxylic acids is 1. The van der Waals surface area contributed by atoms with Gasteiger partial charge in [0.15, 0.2) is 0 Å². The molecule has 20 heavy (non-hydrogen) atoms. The van der Waals surface area contributed by atoms with Gasteiger partial charge in [-0.15, -0.1) is 0 Å². The summed E-state index contributed by atoms with van der Waals surface area (Å²) in [6.45, 7) is 3.86. The Kier molecular flexibility index (Phi) is 4.33. The zero-order chi connectivity index (χ0) is 14.8. The molecular formula is C16H17BrO3. The highest BCUT2D eigenvalue weighted by Gasteiger charge is 2.30. The molecule has 0 atom stereocenters. The van der Waals surface area contributed by atoms with Gasteiger partial charge in [0, 0.05) is 0 Å². The van der Waals surface area contributed by atoms with Crippen molar-refractivity contribution in [3.05, 3.63) is 40.9 Å². The number of halogens is 1. The first-order valence-electron chi connectivity index (χ1n) is 6.34. The van der Waals surface area contributed by atoms with Gasteiger partial charge in [0.05, 0.1) is 17.0 Å². The second kappa shape index (κ2) is 5.83. The molecule has 0 unspecified atom stereocenters. The van der Waals surface area contributed by atoms with Crippen molar-refractivity contribution in [3.8, 4) is 5.75 Å². The van der Waals surface area contributed by atoms with Crippen LogP contribution >= 0.6 is 15.9 Å². The molecule has 0 aliphatic carbocycles. The van der Waals surface area contributed by atoms with Gasteiger partial charge in [-0.3, -0.25) is 4.79 Å². The van der Waals surface area contributed by atoms with E-state index >= 15 is 0 Å². The van der Waals surface area contributed by atoms with Gasteiger partial charge in [0.2, 0.25) is 0 Å². The molecule has 0 saturated carbocycles. The van der Waals surface area contributed by atoms with Gasteiger partial charge in [0.25, 0.3) is 0 Å². The highest BCUT2D eigenvalue weighted by atomic mass is 79.9. The fourth-order valence-corrected chi connectivity index (χ4v) is 2.53. The molecule has 106 valence electrons. The third kappa shape index (κ3) is 2.96. The number of rotatable bonds is 4. The van der Waals surface area contributed by atoms with Crippen LogP contribution in [-0.4, -0.2) is 19.7 Å². The molecule has 0 aliphatic heterocycles. The zero-order valence-corrected chi connectivity index (χ0v) is 13.4. The quantitative estimate of drug-likeness (QED) is 0.785. The Labute approximate surface area is 127 Å². The van der Waals surface area contributed by atoms with Crippen LogP contribution in [0.3, 0.4) is 0 Å². The smallest absolute Gasteiger partial charge is 0.314 e. The molecule has 4 heteroatoms. The monoisotopic (exact) mass is 336 g/mol. The average Bonchev–Trinajstić information content (AvgIpc) is 2.46. The predicted molar refractivity (Wildman–Crippen MR) is 82.9 cm³/mol. The topological polar surface area (TPSA) is 35.5 Å². The second-order valence-electron chi connectivity index (χ2n) is 5.26. The summed E-state index contributed by atoms with van der Waals surface area (Å²) in [7, 11) is 1.38. The molecule has 0 radical (unpaired) electrons. The highest BCUT2D eigenvalue weighted by molar-refractivity contribution is 9.10. The third-order valence-corrected chi connectivity index (χ3v) is 3.97. The highest BCUT2D eigenvalue weighted by Crippen LogP contribution is 2.34. The lowest BCUT2D eigenvalue weighted by atomic mass is 9.95. The Morgan fingerprint density at radius 3 is 2.60 bits per heavy atom. The molecule has 0 spiro atoms. The van der Waals surface area contributed by atoms with Crippen molar-refractivity contribution in [1.82, 2.24) is 0 Å². The number of ether oxygens (including phenoxy) is 2. The second-order valence-corrected chi connectivity index (χ2v) is 6.06. The zero-order valence-electron chi connectivity index (χ0n) is 11.8. The van der Waals surface area contributed by atoms with Crippen LogP contribution in [0.4, 0.5) is 0 Å². The van der Waals surface area contributed by atoms with Crippen LogP contribution in [0, 0.1) is 5.41 Å². The van der Waals surface area contributed by atoms with E-state index < -0.39 is 5.41 Å². The molecule has 0 aromatic heterocycles. The molecule has 2 aromatic rings. The van der Waals surface area contributed by atoms with Gasteiger partial charge in [0.1, 0.15) is 12.4 Å². The van der Waals surface area contributed by atoms with E-state index in [-0.39, 0.29) is 12.6 Å². The van der Waals surface area contributed by atoms with Gasteiger partial charge in [-0.2, -0.15) is 0 Å². The Bertz CT molecular complexity index is 635. The molecule has 0 saturated heterocycles. The summed E-state index contributed by atoms with van der Waals surface area (Å²) in [4.78, 5) is 11.6. The van der Waals surface area contributed by atoms with E-state index in [1.807, 2.05) is 36.4 Å². The summed E-state index contributed by atoms with van der Waals surface area (Å²) in [6.07, 6.45) is 0. The minimum Gasteiger partial charge on any atom is -0.491 e. The minimum atomic E-state index is -0.681. The van der Waals surface area contributed by atoms with Gasteiger partial charge in [-0.25, -0.2) is 0 Å². The largest absolute Gasteiger partial charge is 0.491 e. The van der Waals surface area contributed by atoms with Crippen molar-refractivity contribution < 1.29 is 14.3 Å². The first-order valence-corrected chi connectivity index (χ1v) is 7.13. The standard InChI is InChI=1S/C16H17BrO3/c1-16(2,15(18)19-3)10-20-13-9-8-11-6-4-5-7-12(11)14(13)17/h4-9H,10H2,1-3H3. The molecule has 0 bridgehead atoms. The molecule has 2 aromatic carbocycles. The van der Waals surface area contributed by atoms with Crippen molar-refractivity contribution in [2.24, 2.45) is 5.41 Å². The molecule has 0 amide bonds. The molecule has 3 nitrogen and oxygen atoms in total. The van der Waals surface area contributed by atoms with Gasteiger partial charge in [-0.05, 0) is 46.6 Å². The van der Waals surface area contributed by atoms with Crippen LogP contribution in [0.2, 0.25) is 0 Å². The number of esters is 1. The average molecular weight is 337 g/mol. The van der Waals surface area contributed by atoms with Crippen molar-refractivity contribution in [1.29, 1.82) is 0 Å². The summed E-state index contributed by atoms with van der Waals surface area (Å²) < 4.78 is 11.5. The van der Waals surface area contributed by atoms with Crippen LogP contribution < -0.4 is 4.74 Å². The van der Waals surface area contributed by atoms with Crippen LogP contribution in [0.15, 0.2) is 40.9 Å². The van der Waals surface area contributed by atoms with E-state index in [1.165, 1.54) is 7.11 Å². The lowest BCUT2D eigenvalue weighted by Crippen LogP contribution is -2.32. The van der Waals surface area contributed by atoms with E-state index in [0.29, 0.717) is 0 Å². The number of hydrogen-bond acceptors (Lipinski definition) is 3. The number of carbonyl (C=O) groups is 1. The fraction of sp³-hybridized carbons (Fsp3) is 0.312. The van der Waals surface area contributed by atoms with Crippen molar-refractivity contribution in [2.75, 3.05) is 13.7 Å². The molecule has 2 rings (SSSR count). The fourth-order valence-electron chi connectivity index (χ4n) is 1.92.